The van der Waals surface area contributed by atoms with Crippen molar-refractivity contribution in [1.29, 1.82) is 0 Å². The molecule has 0 aromatic rings. The smallest absolute Gasteiger partial charge is 0.243 e. The van der Waals surface area contributed by atoms with Crippen molar-refractivity contribution in [3.05, 3.63) is 12.2 Å². The molecule has 3 fully saturated rings. The monoisotopic (exact) mass is 372 g/mol. The molecule has 3 saturated carbocycles. The van der Waals surface area contributed by atoms with E-state index in [9.17, 15) is 9.59 Å². The molecule has 0 radical (unpaired) electrons. The Kier molecular flexibility index (Phi) is 4.29. The van der Waals surface area contributed by atoms with Gasteiger partial charge in [0.25, 0.3) is 0 Å². The summed E-state index contributed by atoms with van der Waals surface area (Å²) in [7, 11) is 0. The Morgan fingerprint density at radius 2 is 1.85 bits per heavy atom. The molecule has 0 aromatic heterocycles. The van der Waals surface area contributed by atoms with Gasteiger partial charge in [0.05, 0.1) is 0 Å². The number of amides is 2. The zero-order chi connectivity index (χ0) is 19.6. The summed E-state index contributed by atoms with van der Waals surface area (Å²) < 4.78 is 0. The van der Waals surface area contributed by atoms with Crippen LogP contribution in [-0.2, 0) is 9.59 Å². The quantitative estimate of drug-likeness (QED) is 0.735. The lowest BCUT2D eigenvalue weighted by Gasteiger charge is -2.58. The first-order valence-electron chi connectivity index (χ1n) is 10.9. The molecule has 7 atom stereocenters. The Balaban J connectivity index is 1.58. The van der Waals surface area contributed by atoms with E-state index in [1.165, 1.54) is 19.3 Å². The van der Waals surface area contributed by atoms with E-state index in [0.717, 1.165) is 19.3 Å². The van der Waals surface area contributed by atoms with Crippen LogP contribution < -0.4 is 10.6 Å². The summed E-state index contributed by atoms with van der Waals surface area (Å²) in [5.74, 6) is 2.41. The normalized spacial score (nSPS) is 46.1. The molecule has 27 heavy (non-hydrogen) atoms. The van der Waals surface area contributed by atoms with Crippen LogP contribution in [0.1, 0.15) is 73.1 Å². The third-order valence-corrected chi connectivity index (χ3v) is 8.50. The molecule has 150 valence electrons. The van der Waals surface area contributed by atoms with E-state index in [1.54, 1.807) is 6.08 Å². The number of fused-ring (bicyclic) bond motifs is 5. The summed E-state index contributed by atoms with van der Waals surface area (Å²) in [4.78, 5) is 24.9. The fourth-order valence-electron chi connectivity index (χ4n) is 7.22. The maximum Gasteiger partial charge on any atom is 0.243 e. The highest BCUT2D eigenvalue weighted by molar-refractivity contribution is 5.89. The second kappa shape index (κ2) is 6.09. The van der Waals surface area contributed by atoms with Gasteiger partial charge in [-0.15, -0.1) is 0 Å². The minimum Gasteiger partial charge on any atom is -0.351 e. The molecular formula is C23H36N2O2. The summed E-state index contributed by atoms with van der Waals surface area (Å²) in [6.45, 7) is 11.0. The number of rotatable bonds is 1. The van der Waals surface area contributed by atoms with Gasteiger partial charge in [-0.3, -0.25) is 9.59 Å². The number of carbonyl (C=O) groups is 2. The molecule has 1 heterocycles. The second-order valence-corrected chi connectivity index (χ2v) is 11.1. The summed E-state index contributed by atoms with van der Waals surface area (Å²) in [5.41, 5.74) is 0.0323. The van der Waals surface area contributed by atoms with Gasteiger partial charge >= 0.3 is 0 Å². The average Bonchev–Trinajstić information content (AvgIpc) is 2.91. The van der Waals surface area contributed by atoms with Gasteiger partial charge < -0.3 is 10.6 Å². The lowest BCUT2D eigenvalue weighted by Crippen LogP contribution is -2.59. The molecular weight excluding hydrogens is 336 g/mol. The molecule has 3 aliphatic carbocycles. The Morgan fingerprint density at radius 1 is 1.11 bits per heavy atom. The number of hydrogen-bond acceptors (Lipinski definition) is 2. The molecule has 1 aliphatic heterocycles. The van der Waals surface area contributed by atoms with Crippen molar-refractivity contribution in [2.75, 3.05) is 0 Å². The molecule has 0 bridgehead atoms. The zero-order valence-electron chi connectivity index (χ0n) is 17.6. The first-order chi connectivity index (χ1) is 12.5. The lowest BCUT2D eigenvalue weighted by atomic mass is 9.48. The van der Waals surface area contributed by atoms with Crippen molar-refractivity contribution in [1.82, 2.24) is 10.6 Å². The molecule has 4 heteroatoms. The highest BCUT2D eigenvalue weighted by atomic mass is 16.2. The van der Waals surface area contributed by atoms with Crippen molar-refractivity contribution in [2.45, 2.75) is 84.7 Å². The Bertz CT molecular complexity index is 678. The largest absolute Gasteiger partial charge is 0.351 e. The van der Waals surface area contributed by atoms with Gasteiger partial charge in [-0.1, -0.05) is 19.9 Å². The summed E-state index contributed by atoms with van der Waals surface area (Å²) >= 11 is 0. The standard InChI is InChI=1S/C23H36N2O2/c1-21(2,3)25-20(27)17-8-7-15-14-6-9-18-23(5,13-11-19(26)24-18)16(14)10-12-22(15,17)4/h11,13-18H,6-10,12H2,1-5H3,(H,24,26)(H,25,27)/t14-,15+,16-,17-,18-,22+,23+/m0/s1. The van der Waals surface area contributed by atoms with E-state index in [4.69, 9.17) is 0 Å². The SMILES string of the molecule is CC(C)(C)NC(=O)[C@@H]1CC[C@@H]2[C@@H]3CC[C@@H]4NC(=O)C=C[C@]4(C)[C@H]3CC[C@]21C. The van der Waals surface area contributed by atoms with Gasteiger partial charge in [0, 0.05) is 22.9 Å². The number of carbonyl (C=O) groups excluding carboxylic acids is 2. The fraction of sp³-hybridized carbons (Fsp3) is 0.826. The van der Waals surface area contributed by atoms with Crippen molar-refractivity contribution in [3.63, 3.8) is 0 Å². The van der Waals surface area contributed by atoms with Gasteiger partial charge in [-0.25, -0.2) is 0 Å². The van der Waals surface area contributed by atoms with Crippen molar-refractivity contribution in [3.8, 4) is 0 Å². The summed E-state index contributed by atoms with van der Waals surface area (Å²) in [6, 6.07) is 0.280. The Morgan fingerprint density at radius 3 is 2.56 bits per heavy atom. The summed E-state index contributed by atoms with van der Waals surface area (Å²) in [6.07, 6.45) is 10.7. The average molecular weight is 373 g/mol. The first kappa shape index (κ1) is 19.0. The Labute approximate surface area is 163 Å². The second-order valence-electron chi connectivity index (χ2n) is 11.1. The summed E-state index contributed by atoms with van der Waals surface area (Å²) in [5, 5.41) is 6.48. The highest BCUT2D eigenvalue weighted by Crippen LogP contribution is 2.65. The highest BCUT2D eigenvalue weighted by Gasteiger charge is 2.60. The number of hydrogen-bond donors (Lipinski definition) is 2. The third-order valence-electron chi connectivity index (χ3n) is 8.50. The zero-order valence-corrected chi connectivity index (χ0v) is 17.6. The number of nitrogens with one attached hydrogen (secondary N) is 2. The van der Waals surface area contributed by atoms with Crippen LogP contribution in [-0.4, -0.2) is 23.4 Å². The van der Waals surface area contributed by atoms with Gasteiger partial charge in [0.2, 0.25) is 11.8 Å². The maximum absolute atomic E-state index is 13.0. The van der Waals surface area contributed by atoms with Gasteiger partial charge in [-0.2, -0.15) is 0 Å². The van der Waals surface area contributed by atoms with Crippen molar-refractivity contribution < 1.29 is 9.59 Å². The van der Waals surface area contributed by atoms with Crippen LogP contribution in [0.25, 0.3) is 0 Å². The molecule has 2 amide bonds. The van der Waals surface area contributed by atoms with Crippen LogP contribution in [0.2, 0.25) is 0 Å². The molecule has 0 spiro atoms. The van der Waals surface area contributed by atoms with Gasteiger partial charge in [0.15, 0.2) is 0 Å². The Hall–Kier alpha value is -1.32. The predicted molar refractivity (Wildman–Crippen MR) is 107 cm³/mol. The van der Waals surface area contributed by atoms with E-state index in [1.807, 2.05) is 0 Å². The molecule has 2 N–H and O–H groups in total. The van der Waals surface area contributed by atoms with Crippen LogP contribution >= 0.6 is 0 Å². The van der Waals surface area contributed by atoms with E-state index in [-0.39, 0.29) is 40.1 Å². The van der Waals surface area contributed by atoms with Crippen LogP contribution in [0, 0.1) is 34.5 Å². The van der Waals surface area contributed by atoms with Crippen LogP contribution in [0.4, 0.5) is 0 Å². The van der Waals surface area contributed by atoms with E-state index in [2.05, 4.69) is 51.3 Å². The van der Waals surface area contributed by atoms with Crippen LogP contribution in [0.15, 0.2) is 12.2 Å². The lowest BCUT2D eigenvalue weighted by molar-refractivity contribution is -0.135. The molecule has 0 unspecified atom stereocenters. The van der Waals surface area contributed by atoms with E-state index >= 15 is 0 Å². The molecule has 4 aliphatic rings. The maximum atomic E-state index is 13.0. The third kappa shape index (κ3) is 2.94. The predicted octanol–water partition coefficient (Wildman–Crippen LogP) is 3.81. The molecule has 4 nitrogen and oxygen atoms in total. The molecule has 0 aromatic carbocycles. The fourth-order valence-corrected chi connectivity index (χ4v) is 7.22. The van der Waals surface area contributed by atoms with Crippen molar-refractivity contribution in [2.24, 2.45) is 34.5 Å². The van der Waals surface area contributed by atoms with Gasteiger partial charge in [0.1, 0.15) is 0 Å². The van der Waals surface area contributed by atoms with Crippen LogP contribution in [0.3, 0.4) is 0 Å². The minimum absolute atomic E-state index is 0.0661. The molecule has 0 saturated heterocycles. The first-order valence-corrected chi connectivity index (χ1v) is 10.9. The van der Waals surface area contributed by atoms with Crippen molar-refractivity contribution >= 4 is 11.8 Å². The van der Waals surface area contributed by atoms with E-state index in [0.29, 0.717) is 17.8 Å². The van der Waals surface area contributed by atoms with E-state index < -0.39 is 0 Å². The van der Waals surface area contributed by atoms with Gasteiger partial charge in [-0.05, 0) is 88.5 Å². The topological polar surface area (TPSA) is 58.2 Å². The minimum atomic E-state index is -0.167. The van der Waals surface area contributed by atoms with Crippen LogP contribution in [0.5, 0.6) is 0 Å². The molecule has 4 rings (SSSR count).